The standard InChI is InChI=1S/C13H24N4O2/c1-3-17(8-13(19)16-15-9(2)18)12-6-10-4-5-11(7-12)14-10/h10-12,14H,3-8H2,1-2H3,(H,15,18)(H,16,19). The van der Waals surface area contributed by atoms with Gasteiger partial charge >= 0.3 is 0 Å². The molecule has 3 N–H and O–H groups in total. The molecule has 0 aromatic heterocycles. The second kappa shape index (κ2) is 6.34. The molecule has 2 saturated heterocycles. The number of rotatable bonds is 4. The van der Waals surface area contributed by atoms with Crippen molar-refractivity contribution in [2.24, 2.45) is 0 Å². The summed E-state index contributed by atoms with van der Waals surface area (Å²) < 4.78 is 0. The molecule has 2 rings (SSSR count). The van der Waals surface area contributed by atoms with E-state index in [0.717, 1.165) is 19.4 Å². The van der Waals surface area contributed by atoms with E-state index in [-0.39, 0.29) is 11.8 Å². The van der Waals surface area contributed by atoms with Crippen molar-refractivity contribution in [3.8, 4) is 0 Å². The number of carbonyl (C=O) groups is 2. The lowest BCUT2D eigenvalue weighted by molar-refractivity contribution is -0.129. The maximum Gasteiger partial charge on any atom is 0.252 e. The lowest BCUT2D eigenvalue weighted by atomic mass is 9.98. The molecule has 2 aliphatic heterocycles. The van der Waals surface area contributed by atoms with Gasteiger partial charge in [0.25, 0.3) is 5.91 Å². The zero-order valence-electron chi connectivity index (χ0n) is 11.7. The summed E-state index contributed by atoms with van der Waals surface area (Å²) in [6.07, 6.45) is 4.77. The summed E-state index contributed by atoms with van der Waals surface area (Å²) in [5.74, 6) is -0.403. The van der Waals surface area contributed by atoms with E-state index < -0.39 is 0 Å². The SMILES string of the molecule is CCN(CC(=O)NNC(C)=O)C1CC2CCC(C1)N2. The quantitative estimate of drug-likeness (QED) is 0.615. The Morgan fingerprint density at radius 1 is 1.21 bits per heavy atom. The number of fused-ring (bicyclic) bond motifs is 2. The van der Waals surface area contributed by atoms with Gasteiger partial charge in [0.15, 0.2) is 0 Å². The van der Waals surface area contributed by atoms with Crippen LogP contribution in [-0.4, -0.2) is 47.9 Å². The largest absolute Gasteiger partial charge is 0.311 e. The minimum absolute atomic E-state index is 0.150. The summed E-state index contributed by atoms with van der Waals surface area (Å²) in [5.41, 5.74) is 4.76. The van der Waals surface area contributed by atoms with Crippen molar-refractivity contribution < 1.29 is 9.59 Å². The summed E-state index contributed by atoms with van der Waals surface area (Å²) in [4.78, 5) is 24.7. The number of hydrazine groups is 1. The van der Waals surface area contributed by atoms with E-state index in [2.05, 4.69) is 28.0 Å². The van der Waals surface area contributed by atoms with Gasteiger partial charge in [-0.1, -0.05) is 6.92 Å². The van der Waals surface area contributed by atoms with Crippen molar-refractivity contribution in [2.45, 2.75) is 57.7 Å². The van der Waals surface area contributed by atoms with E-state index in [1.807, 2.05) is 0 Å². The summed E-state index contributed by atoms with van der Waals surface area (Å²) >= 11 is 0. The third-order valence-corrected chi connectivity index (χ3v) is 4.10. The molecule has 0 saturated carbocycles. The van der Waals surface area contributed by atoms with Crippen LogP contribution in [0.5, 0.6) is 0 Å². The van der Waals surface area contributed by atoms with Crippen LogP contribution in [-0.2, 0) is 9.59 Å². The molecule has 6 nitrogen and oxygen atoms in total. The van der Waals surface area contributed by atoms with Gasteiger partial charge in [0.05, 0.1) is 6.54 Å². The van der Waals surface area contributed by atoms with E-state index >= 15 is 0 Å². The Morgan fingerprint density at radius 3 is 2.37 bits per heavy atom. The van der Waals surface area contributed by atoms with Crippen LogP contribution in [0.4, 0.5) is 0 Å². The van der Waals surface area contributed by atoms with E-state index in [0.29, 0.717) is 24.7 Å². The number of hydrogen-bond donors (Lipinski definition) is 3. The molecule has 2 unspecified atom stereocenters. The first-order valence-corrected chi connectivity index (χ1v) is 7.14. The first-order chi connectivity index (χ1) is 9.08. The monoisotopic (exact) mass is 268 g/mol. The van der Waals surface area contributed by atoms with Crippen LogP contribution in [0.15, 0.2) is 0 Å². The predicted octanol–water partition coefficient (Wildman–Crippen LogP) is -0.241. The van der Waals surface area contributed by atoms with Gasteiger partial charge < -0.3 is 5.32 Å². The number of likely N-dealkylation sites (N-methyl/N-ethyl adjacent to an activating group) is 1. The molecule has 2 amide bonds. The molecule has 2 heterocycles. The number of amides is 2. The van der Waals surface area contributed by atoms with Crippen LogP contribution in [0, 0.1) is 0 Å². The number of nitrogens with one attached hydrogen (secondary N) is 3. The minimum Gasteiger partial charge on any atom is -0.311 e. The van der Waals surface area contributed by atoms with Gasteiger partial charge in [-0.25, -0.2) is 0 Å². The normalized spacial score (nSPS) is 29.3. The average Bonchev–Trinajstić information content (AvgIpc) is 2.72. The highest BCUT2D eigenvalue weighted by molar-refractivity contribution is 5.81. The predicted molar refractivity (Wildman–Crippen MR) is 72.2 cm³/mol. The average molecular weight is 268 g/mol. The third-order valence-electron chi connectivity index (χ3n) is 4.10. The van der Waals surface area contributed by atoms with Crippen LogP contribution in [0.2, 0.25) is 0 Å². The van der Waals surface area contributed by atoms with Crippen molar-refractivity contribution in [2.75, 3.05) is 13.1 Å². The summed E-state index contributed by atoms with van der Waals surface area (Å²) in [5, 5.41) is 3.61. The van der Waals surface area contributed by atoms with Crippen molar-refractivity contribution in [1.29, 1.82) is 0 Å². The van der Waals surface area contributed by atoms with Crippen molar-refractivity contribution >= 4 is 11.8 Å². The zero-order chi connectivity index (χ0) is 13.8. The molecule has 0 spiro atoms. The van der Waals surface area contributed by atoms with Crippen LogP contribution in [0.25, 0.3) is 0 Å². The van der Waals surface area contributed by atoms with Crippen LogP contribution >= 0.6 is 0 Å². The molecule has 2 fully saturated rings. The van der Waals surface area contributed by atoms with Gasteiger partial charge in [-0.2, -0.15) is 0 Å². The highest BCUT2D eigenvalue weighted by Gasteiger charge is 2.35. The summed E-state index contributed by atoms with van der Waals surface area (Å²) in [6, 6.07) is 1.72. The molecule has 0 aromatic rings. The fourth-order valence-electron chi connectivity index (χ4n) is 3.21. The van der Waals surface area contributed by atoms with E-state index in [1.165, 1.54) is 19.8 Å². The lowest BCUT2D eigenvalue weighted by Gasteiger charge is -2.36. The summed E-state index contributed by atoms with van der Waals surface area (Å²) in [7, 11) is 0. The van der Waals surface area contributed by atoms with Crippen LogP contribution in [0.1, 0.15) is 39.5 Å². The maximum absolute atomic E-state index is 11.8. The topological polar surface area (TPSA) is 73.5 Å². The van der Waals surface area contributed by atoms with Gasteiger partial charge in [0, 0.05) is 25.0 Å². The molecule has 0 radical (unpaired) electrons. The Morgan fingerprint density at radius 2 is 1.84 bits per heavy atom. The second-order valence-corrected chi connectivity index (χ2v) is 5.56. The smallest absolute Gasteiger partial charge is 0.252 e. The number of nitrogens with zero attached hydrogens (tertiary/aromatic N) is 1. The van der Waals surface area contributed by atoms with Crippen LogP contribution in [0.3, 0.4) is 0 Å². The third kappa shape index (κ3) is 3.91. The Kier molecular flexibility index (Phi) is 4.76. The van der Waals surface area contributed by atoms with Crippen LogP contribution < -0.4 is 16.2 Å². The number of hydrogen-bond acceptors (Lipinski definition) is 4. The van der Waals surface area contributed by atoms with Crippen molar-refractivity contribution in [1.82, 2.24) is 21.1 Å². The van der Waals surface area contributed by atoms with Crippen molar-refractivity contribution in [3.05, 3.63) is 0 Å². The fourth-order valence-corrected chi connectivity index (χ4v) is 3.21. The van der Waals surface area contributed by atoms with Gasteiger partial charge in [-0.05, 0) is 32.2 Å². The first kappa shape index (κ1) is 14.3. The highest BCUT2D eigenvalue weighted by Crippen LogP contribution is 2.29. The molecule has 0 aliphatic carbocycles. The fraction of sp³-hybridized carbons (Fsp3) is 0.846. The molecule has 0 aromatic carbocycles. The molecule has 2 bridgehead atoms. The number of carbonyl (C=O) groups excluding carboxylic acids is 2. The number of piperidine rings is 1. The Labute approximate surface area is 114 Å². The van der Waals surface area contributed by atoms with Gasteiger partial charge in [-0.15, -0.1) is 0 Å². The maximum atomic E-state index is 11.8. The highest BCUT2D eigenvalue weighted by atomic mass is 16.2. The molecule has 6 heteroatoms. The lowest BCUT2D eigenvalue weighted by Crippen LogP contribution is -2.52. The van der Waals surface area contributed by atoms with E-state index in [9.17, 15) is 9.59 Å². The van der Waals surface area contributed by atoms with Gasteiger partial charge in [0.2, 0.25) is 5.91 Å². The van der Waals surface area contributed by atoms with E-state index in [4.69, 9.17) is 0 Å². The molecule has 2 atom stereocenters. The second-order valence-electron chi connectivity index (χ2n) is 5.56. The molecule has 108 valence electrons. The molecule has 2 aliphatic rings. The summed E-state index contributed by atoms with van der Waals surface area (Å²) in [6.45, 7) is 4.66. The minimum atomic E-state index is -0.253. The Bertz CT molecular complexity index is 336. The molecule has 19 heavy (non-hydrogen) atoms. The van der Waals surface area contributed by atoms with E-state index in [1.54, 1.807) is 0 Å². The first-order valence-electron chi connectivity index (χ1n) is 7.14. The van der Waals surface area contributed by atoms with Crippen molar-refractivity contribution in [3.63, 3.8) is 0 Å². The van der Waals surface area contributed by atoms with Gasteiger partial charge in [0.1, 0.15) is 0 Å². The zero-order valence-corrected chi connectivity index (χ0v) is 11.7. The molecular formula is C13H24N4O2. The molecular weight excluding hydrogens is 244 g/mol. The van der Waals surface area contributed by atoms with Gasteiger partial charge in [-0.3, -0.25) is 25.3 Å². The Hall–Kier alpha value is -1.14. The Balaban J connectivity index is 1.82.